The van der Waals surface area contributed by atoms with Crippen molar-refractivity contribution < 1.29 is 44.2 Å². The second-order valence-electron chi connectivity index (χ2n) is 26.3. The first kappa shape index (κ1) is 114. The number of benzene rings is 4. The molecule has 4 atom stereocenters. The van der Waals surface area contributed by atoms with Gasteiger partial charge in [0.1, 0.15) is 32.2 Å². The summed E-state index contributed by atoms with van der Waals surface area (Å²) in [5.41, 5.74) is 3.42. The largest absolute Gasteiger partial charge is 0.388 e. The van der Waals surface area contributed by atoms with Crippen LogP contribution in [0, 0.1) is 462 Å². The summed E-state index contributed by atoms with van der Waals surface area (Å²) >= 11 is 0. The Morgan fingerprint density at radius 1 is 0.352 bits per heavy atom. The van der Waals surface area contributed by atoms with Gasteiger partial charge in [0, 0.05) is 382 Å². The molecule has 0 spiro atoms. The average Bonchev–Trinajstić information content (AvgIpc) is 1.75. The molecular weight excluding hydrogens is 1770 g/mol. The van der Waals surface area contributed by atoms with Gasteiger partial charge in [-0.05, 0) is 167 Å². The molecule has 2 aromatic heterocycles. The highest BCUT2D eigenvalue weighted by molar-refractivity contribution is 6.76. The van der Waals surface area contributed by atoms with Gasteiger partial charge in [-0.15, -0.1) is 6.42 Å². The van der Waals surface area contributed by atoms with E-state index < -0.39 is 56.3 Å². The number of ketones is 2. The summed E-state index contributed by atoms with van der Waals surface area (Å²) in [5.74, 6) is 191. The van der Waals surface area contributed by atoms with Crippen molar-refractivity contribution in [2.45, 2.75) is 97.2 Å². The van der Waals surface area contributed by atoms with Gasteiger partial charge < -0.3 is 34.6 Å². The molecule has 5 N–H and O–H groups in total. The maximum Gasteiger partial charge on any atom is 0.192 e. The van der Waals surface area contributed by atoms with Gasteiger partial charge in [0.15, 0.2) is 22.8 Å². The number of nitrogens with zero attached hydrogens (tertiary/aromatic N) is 3. The molecule has 0 amide bonds. The molecule has 0 bridgehead atoms. The topological polar surface area (TPSA) is 189 Å². The predicted molar refractivity (Wildman–Crippen MR) is 556 cm³/mol. The van der Waals surface area contributed by atoms with E-state index in [0.717, 1.165) is 39.4 Å². The van der Waals surface area contributed by atoms with E-state index in [1.54, 1.807) is 29.9 Å². The van der Waals surface area contributed by atoms with Crippen LogP contribution in [0.1, 0.15) is 62.9 Å². The van der Waals surface area contributed by atoms with Crippen LogP contribution in [0.3, 0.4) is 0 Å². The van der Waals surface area contributed by atoms with Crippen molar-refractivity contribution in [1.29, 1.82) is 0 Å². The first-order valence-corrected chi connectivity index (χ1v) is 44.0. The molecule has 0 fully saturated rings. The molecule has 6 rings (SSSR count). The maximum atomic E-state index is 12.6. The highest BCUT2D eigenvalue weighted by atomic mass is 28.3. The van der Waals surface area contributed by atoms with Gasteiger partial charge in [0.2, 0.25) is 0 Å². The summed E-state index contributed by atoms with van der Waals surface area (Å²) < 4.78 is 19.0. The van der Waals surface area contributed by atoms with Crippen molar-refractivity contribution in [2.24, 2.45) is 0 Å². The molecule has 2 heterocycles. The van der Waals surface area contributed by atoms with Crippen LogP contribution < -0.4 is 0 Å². The Morgan fingerprint density at radius 2 is 0.592 bits per heavy atom. The second kappa shape index (κ2) is 76.2. The third-order valence-electron chi connectivity index (χ3n) is 15.4. The minimum atomic E-state index is -1.66. The minimum Gasteiger partial charge on any atom is -0.388 e. The zero-order valence-electron chi connectivity index (χ0n) is 76.1. The van der Waals surface area contributed by atoms with E-state index in [9.17, 15) is 30.0 Å². The molecule has 14 heteroatoms. The molecule has 0 aliphatic heterocycles. The number of hydrogen-bond donors (Lipinski definition) is 5. The summed E-state index contributed by atoms with van der Waals surface area (Å²) in [5, 5.41) is 51.3. The first-order chi connectivity index (χ1) is 69.1. The Kier molecular flexibility index (Phi) is 60.9. The van der Waals surface area contributed by atoms with E-state index in [-0.39, 0.29) is 33.1 Å². The Labute approximate surface area is 836 Å². The van der Waals surface area contributed by atoms with Gasteiger partial charge >= 0.3 is 0 Å². The minimum absolute atomic E-state index is 0. The fourth-order valence-corrected chi connectivity index (χ4v) is 9.52. The predicted octanol–water partition coefficient (Wildman–Crippen LogP) is 8.48. The lowest BCUT2D eigenvalue weighted by molar-refractivity contribution is -0.166. The molecule has 0 aliphatic rings. The van der Waals surface area contributed by atoms with Crippen LogP contribution in [0.25, 0.3) is 22.3 Å². The van der Waals surface area contributed by atoms with Gasteiger partial charge in [-0.2, -0.15) is 10.2 Å². The van der Waals surface area contributed by atoms with E-state index >= 15 is 0 Å². The lowest BCUT2D eigenvalue weighted by Crippen LogP contribution is -2.46. The number of Topliss-reactive ketones (excluding diaryl/α,β-unsaturated/α-hetero) is 2. The molecule has 0 saturated heterocycles. The van der Waals surface area contributed by atoms with E-state index in [1.165, 1.54) is 20.0 Å². The number of carbonyl (C=O) groups is 2. The summed E-state index contributed by atoms with van der Waals surface area (Å²) in [7, 11) is -1.18. The number of hydrogen-bond acceptors (Lipinski definition) is 11. The van der Waals surface area contributed by atoms with Gasteiger partial charge in [-0.1, -0.05) is 142 Å². The fourth-order valence-electron chi connectivity index (χ4n) is 8.76. The van der Waals surface area contributed by atoms with Crippen LogP contribution in [-0.2, 0) is 43.7 Å². The number of H-pyrrole nitrogens is 1. The van der Waals surface area contributed by atoms with Gasteiger partial charge in [-0.3, -0.25) is 14.7 Å². The van der Waals surface area contributed by atoms with Crippen molar-refractivity contribution in [3.05, 3.63) is 156 Å². The SMILES string of the molecule is C.C#CC#CC#CC#CC#CC#CC#CC#CC#CC#CC#CC#CC#CC#CC#CC#CC#CC#CC#CC#CC#CC#CC#CC#CC#CC#CC#CC#CC#CC#CC#CC#CC#CC#CC#CC#CC#CC#CC#CC.C[C@@](OCc1ccc(-c2ccccc2)cc1)(C(=O)CO)[C@@H](O)c1ccn(COCC[Si](C)(C)C)n1.C[C@@](OCc1ccc(-c2ccccc2)cc1)(C(=O)CO)[C@@H](O)c1ccn[nH]1. The van der Waals surface area contributed by atoms with Crippen LogP contribution in [0.15, 0.2) is 134 Å². The second-order valence-corrected chi connectivity index (χ2v) is 31.9. The Hall–Kier alpha value is -22.6. The number of aromatic nitrogens is 4. The monoisotopic (exact) mass is 1830 g/mol. The van der Waals surface area contributed by atoms with Crippen molar-refractivity contribution in [3.63, 3.8) is 0 Å². The Bertz CT molecular complexity index is 8530. The number of terminal acetylenes is 1. The molecule has 0 unspecified atom stereocenters. The molecule has 0 saturated carbocycles. The van der Waals surface area contributed by atoms with Gasteiger partial charge in [-0.25, -0.2) is 4.68 Å². The van der Waals surface area contributed by atoms with Crippen LogP contribution in [0.2, 0.25) is 25.7 Å². The maximum absolute atomic E-state index is 12.6. The summed E-state index contributed by atoms with van der Waals surface area (Å²) in [6.07, 6.45) is 5.49. The van der Waals surface area contributed by atoms with Crippen molar-refractivity contribution in [1.82, 2.24) is 20.0 Å². The van der Waals surface area contributed by atoms with E-state index in [4.69, 9.17) is 20.6 Å². The summed E-state index contributed by atoms with van der Waals surface area (Å²) in [6.45, 7) is 11.1. The van der Waals surface area contributed by atoms with Gasteiger partial charge in [0.25, 0.3) is 0 Å². The van der Waals surface area contributed by atoms with E-state index in [1.807, 2.05) is 109 Å². The van der Waals surface area contributed by atoms with Crippen LogP contribution in [-0.4, -0.2) is 91.1 Å². The molecular formula is C128H66N4O9Si. The zero-order chi connectivity index (χ0) is 101. The Morgan fingerprint density at radius 3 is 0.817 bits per heavy atom. The molecule has 656 valence electrons. The number of aliphatic hydroxyl groups is 4. The van der Waals surface area contributed by atoms with E-state index in [2.05, 4.69) is 491 Å². The molecule has 142 heavy (non-hydrogen) atoms. The lowest BCUT2D eigenvalue weighted by atomic mass is 9.91. The third kappa shape index (κ3) is 55.4. The Balaban J connectivity index is 0.000000661. The van der Waals surface area contributed by atoms with Crippen LogP contribution in [0.5, 0.6) is 0 Å². The fraction of sp³-hybridized carbons (Fsp3) is 0.141. The number of carbonyl (C=O) groups excluding carboxylic acids is 2. The summed E-state index contributed by atoms with van der Waals surface area (Å²) in [6, 6.07) is 39.8. The number of aromatic amines is 1. The van der Waals surface area contributed by atoms with Crippen molar-refractivity contribution in [3.8, 4) is 485 Å². The standard InChI is InChI=1S/C79H4.C27H36N2O5Si.C21H22N2O4.CH4/c1-3-5-7-9-11-13-15-17-19-21-23-25-27-29-31-33-35-37-39-41-43-45-47-49-51-53-55-57-59-61-63-65-67-69-71-73-75-77-79-78-76-74-72-70-68-66-64-62-60-58-56-54-52-50-48-46-44-42-40-38-36-34-32-30-28-26-24-22-20-18-16-14-12-10-8-6-4-2;1-27(25(31)18-30,26(32)24-14-15-29(28-24)20-33-16-17-35(2,3)4)34-19-21-10-12-23(13-11-21)22-8-6-5-7-9-22;1-21(19(25)13-24,20(26)18-11-12-22-23-18)27-14-15-7-9-17(10-8-15)16-5-3-2-4-6-16;/h1H,2H3;5-15,26,30,32H,16-20H2,1-4H3;2-12,20,24,26H,13-14H2,1H3,(H,22,23);1H4/t;26-,27+;20-,21+;/m.00./s1. The number of aliphatic hydroxyl groups excluding tert-OH is 4. The van der Waals surface area contributed by atoms with Crippen molar-refractivity contribution >= 4 is 19.6 Å². The average molecular weight is 1830 g/mol. The molecule has 6 aromatic rings. The van der Waals surface area contributed by atoms with Gasteiger partial charge in [0.05, 0.1) is 24.6 Å². The molecule has 0 radical (unpaired) electrons. The van der Waals surface area contributed by atoms with Crippen molar-refractivity contribution in [2.75, 3.05) is 19.8 Å². The third-order valence-corrected chi connectivity index (χ3v) is 17.1. The van der Waals surface area contributed by atoms with E-state index in [0.29, 0.717) is 12.3 Å². The highest BCUT2D eigenvalue weighted by Gasteiger charge is 2.44. The molecule has 13 nitrogen and oxygen atoms in total. The zero-order valence-corrected chi connectivity index (χ0v) is 77.1. The smallest absolute Gasteiger partial charge is 0.192 e. The van der Waals surface area contributed by atoms with Crippen LogP contribution in [0.4, 0.5) is 0 Å². The summed E-state index contributed by atoms with van der Waals surface area (Å²) in [4.78, 5) is 24.9. The quantitative estimate of drug-likeness (QED) is 0.0264. The molecule has 4 aromatic carbocycles. The molecule has 0 aliphatic carbocycles. The lowest BCUT2D eigenvalue weighted by Gasteiger charge is -2.32. The number of nitrogens with one attached hydrogen (secondary N) is 1. The normalized spacial score (nSPS) is 8.51. The number of rotatable bonds is 21. The number of ether oxygens (including phenoxy) is 3. The highest BCUT2D eigenvalue weighted by Crippen LogP contribution is 2.33. The van der Waals surface area contributed by atoms with Crippen LogP contribution >= 0.6 is 0 Å². The first-order valence-electron chi connectivity index (χ1n) is 40.3.